The molecular weight excluding hydrogens is 378 g/mol. The number of aromatic nitrogens is 1. The fourth-order valence-electron chi connectivity index (χ4n) is 2.46. The molecule has 1 saturated heterocycles. The number of anilines is 1. The van der Waals surface area contributed by atoms with E-state index in [2.05, 4.69) is 10.5 Å². The van der Waals surface area contributed by atoms with E-state index in [0.29, 0.717) is 43.4 Å². The van der Waals surface area contributed by atoms with Crippen molar-refractivity contribution in [1.82, 2.24) is 9.46 Å². The van der Waals surface area contributed by atoms with Gasteiger partial charge in [-0.3, -0.25) is 4.79 Å². The summed E-state index contributed by atoms with van der Waals surface area (Å²) in [6, 6.07) is 3.32. The van der Waals surface area contributed by atoms with Crippen LogP contribution in [0.25, 0.3) is 12.2 Å². The predicted molar refractivity (Wildman–Crippen MR) is 98.4 cm³/mol. The summed E-state index contributed by atoms with van der Waals surface area (Å²) in [6.07, 6.45) is 3.39. The number of carbonyl (C=O) groups excluding carboxylic acids is 1. The predicted octanol–water partition coefficient (Wildman–Crippen LogP) is 2.19. The summed E-state index contributed by atoms with van der Waals surface area (Å²) in [7, 11) is -3.50. The van der Waals surface area contributed by atoms with E-state index in [-0.39, 0.29) is 10.1 Å². The number of hydrogen-bond donors (Lipinski definition) is 1. The van der Waals surface area contributed by atoms with Gasteiger partial charge in [0.2, 0.25) is 5.91 Å². The normalized spacial score (nSPS) is 16.2. The SMILES string of the molecule is CC(=O)Nc1c(C)noc1C=Cc1ccc(S(=O)(=O)N2CCOCC2)s1. The van der Waals surface area contributed by atoms with Crippen molar-refractivity contribution in [3.63, 3.8) is 0 Å². The molecule has 1 fully saturated rings. The first kappa shape index (κ1) is 18.8. The van der Waals surface area contributed by atoms with Crippen LogP contribution in [-0.2, 0) is 19.6 Å². The van der Waals surface area contributed by atoms with Crippen LogP contribution < -0.4 is 5.32 Å². The van der Waals surface area contributed by atoms with Crippen molar-refractivity contribution in [2.24, 2.45) is 0 Å². The van der Waals surface area contributed by atoms with Crippen LogP contribution in [0.2, 0.25) is 0 Å². The molecule has 1 aliphatic rings. The molecule has 3 rings (SSSR count). The maximum atomic E-state index is 12.6. The maximum Gasteiger partial charge on any atom is 0.252 e. The van der Waals surface area contributed by atoms with Crippen LogP contribution in [0.15, 0.2) is 20.9 Å². The van der Waals surface area contributed by atoms with Crippen molar-refractivity contribution in [2.45, 2.75) is 18.1 Å². The van der Waals surface area contributed by atoms with Gasteiger partial charge in [-0.15, -0.1) is 11.3 Å². The van der Waals surface area contributed by atoms with Gasteiger partial charge in [0.25, 0.3) is 10.0 Å². The molecule has 0 aliphatic carbocycles. The summed E-state index contributed by atoms with van der Waals surface area (Å²) in [5, 5.41) is 6.51. The highest BCUT2D eigenvalue weighted by atomic mass is 32.2. The molecule has 0 aromatic carbocycles. The second kappa shape index (κ2) is 7.70. The number of aryl methyl sites for hydroxylation is 1. The maximum absolute atomic E-state index is 12.6. The van der Waals surface area contributed by atoms with E-state index >= 15 is 0 Å². The van der Waals surface area contributed by atoms with Gasteiger partial charge in [0.15, 0.2) is 5.76 Å². The van der Waals surface area contributed by atoms with Gasteiger partial charge >= 0.3 is 0 Å². The van der Waals surface area contributed by atoms with Gasteiger partial charge in [-0.2, -0.15) is 4.31 Å². The number of hydrogen-bond acceptors (Lipinski definition) is 7. The van der Waals surface area contributed by atoms with Gasteiger partial charge in [-0.05, 0) is 31.2 Å². The van der Waals surface area contributed by atoms with E-state index in [0.717, 1.165) is 4.88 Å². The molecule has 140 valence electrons. The minimum atomic E-state index is -3.50. The number of amides is 1. The highest BCUT2D eigenvalue weighted by molar-refractivity contribution is 7.91. The van der Waals surface area contributed by atoms with Gasteiger partial charge in [-0.25, -0.2) is 8.42 Å². The number of sulfonamides is 1. The van der Waals surface area contributed by atoms with E-state index in [9.17, 15) is 13.2 Å². The minimum Gasteiger partial charge on any atom is -0.379 e. The summed E-state index contributed by atoms with van der Waals surface area (Å²) in [4.78, 5) is 12.0. The van der Waals surface area contributed by atoms with E-state index in [1.165, 1.54) is 22.6 Å². The van der Waals surface area contributed by atoms with E-state index in [1.807, 2.05) is 0 Å². The van der Waals surface area contributed by atoms with E-state index < -0.39 is 10.0 Å². The lowest BCUT2D eigenvalue weighted by atomic mass is 10.2. The Bertz CT molecular complexity index is 924. The molecule has 0 spiro atoms. The Balaban J connectivity index is 1.78. The van der Waals surface area contributed by atoms with Crippen molar-refractivity contribution in [1.29, 1.82) is 0 Å². The second-order valence-corrected chi connectivity index (χ2v) is 8.98. The molecule has 10 heteroatoms. The molecule has 8 nitrogen and oxygen atoms in total. The van der Waals surface area contributed by atoms with Crippen molar-refractivity contribution in [3.8, 4) is 0 Å². The first-order valence-electron chi connectivity index (χ1n) is 7.97. The van der Waals surface area contributed by atoms with Gasteiger partial charge < -0.3 is 14.6 Å². The third kappa shape index (κ3) is 4.04. The quantitative estimate of drug-likeness (QED) is 0.830. The van der Waals surface area contributed by atoms with Crippen molar-refractivity contribution in [2.75, 3.05) is 31.6 Å². The molecule has 2 aromatic heterocycles. The molecule has 0 atom stereocenters. The first-order valence-corrected chi connectivity index (χ1v) is 10.2. The second-order valence-electron chi connectivity index (χ2n) is 5.70. The lowest BCUT2D eigenvalue weighted by Crippen LogP contribution is -2.40. The molecule has 26 heavy (non-hydrogen) atoms. The van der Waals surface area contributed by atoms with Crippen LogP contribution in [0.1, 0.15) is 23.3 Å². The Morgan fingerprint density at radius 3 is 2.73 bits per heavy atom. The zero-order chi connectivity index (χ0) is 18.7. The number of nitrogens with zero attached hydrogens (tertiary/aromatic N) is 2. The number of ether oxygens (including phenoxy) is 1. The summed E-state index contributed by atoms with van der Waals surface area (Å²) in [6.45, 7) is 4.68. The van der Waals surface area contributed by atoms with E-state index in [1.54, 1.807) is 31.2 Å². The van der Waals surface area contributed by atoms with Crippen molar-refractivity contribution >= 4 is 45.1 Å². The third-order valence-corrected chi connectivity index (χ3v) is 7.17. The van der Waals surface area contributed by atoms with Crippen LogP contribution >= 0.6 is 11.3 Å². The summed E-state index contributed by atoms with van der Waals surface area (Å²) in [5.74, 6) is 0.185. The number of carbonyl (C=O) groups is 1. The Morgan fingerprint density at radius 2 is 2.04 bits per heavy atom. The van der Waals surface area contributed by atoms with Crippen LogP contribution in [0.5, 0.6) is 0 Å². The van der Waals surface area contributed by atoms with Crippen LogP contribution in [0, 0.1) is 6.92 Å². The molecule has 0 saturated carbocycles. The fraction of sp³-hybridized carbons (Fsp3) is 0.375. The zero-order valence-corrected chi connectivity index (χ0v) is 16.0. The highest BCUT2D eigenvalue weighted by Gasteiger charge is 2.27. The molecule has 0 unspecified atom stereocenters. The lowest BCUT2D eigenvalue weighted by Gasteiger charge is -2.25. The molecule has 1 N–H and O–H groups in total. The Morgan fingerprint density at radius 1 is 1.31 bits per heavy atom. The molecule has 1 aliphatic heterocycles. The highest BCUT2D eigenvalue weighted by Crippen LogP contribution is 2.28. The van der Waals surface area contributed by atoms with Crippen LogP contribution in [0.3, 0.4) is 0 Å². The Labute approximate surface area is 155 Å². The lowest BCUT2D eigenvalue weighted by molar-refractivity contribution is -0.114. The number of morpholine rings is 1. The van der Waals surface area contributed by atoms with Crippen LogP contribution in [0.4, 0.5) is 5.69 Å². The molecule has 0 bridgehead atoms. The molecule has 1 amide bonds. The Kier molecular flexibility index (Phi) is 5.56. The molecule has 3 heterocycles. The van der Waals surface area contributed by atoms with Gasteiger partial charge in [0.05, 0.1) is 13.2 Å². The molecule has 2 aromatic rings. The smallest absolute Gasteiger partial charge is 0.252 e. The van der Waals surface area contributed by atoms with Crippen molar-refractivity contribution in [3.05, 3.63) is 28.5 Å². The monoisotopic (exact) mass is 397 g/mol. The van der Waals surface area contributed by atoms with Crippen molar-refractivity contribution < 1.29 is 22.5 Å². The average molecular weight is 397 g/mol. The topological polar surface area (TPSA) is 102 Å². The summed E-state index contributed by atoms with van der Waals surface area (Å²) >= 11 is 1.17. The van der Waals surface area contributed by atoms with Gasteiger partial charge in [0.1, 0.15) is 15.6 Å². The molecular formula is C16H19N3O5S2. The first-order chi connectivity index (χ1) is 12.4. The average Bonchev–Trinajstić information content (AvgIpc) is 3.22. The van der Waals surface area contributed by atoms with Gasteiger partial charge in [-0.1, -0.05) is 5.16 Å². The number of thiophene rings is 1. The minimum absolute atomic E-state index is 0.221. The largest absolute Gasteiger partial charge is 0.379 e. The summed E-state index contributed by atoms with van der Waals surface area (Å²) < 4.78 is 37.4. The zero-order valence-electron chi connectivity index (χ0n) is 14.4. The third-order valence-electron chi connectivity index (χ3n) is 3.76. The fourth-order valence-corrected chi connectivity index (χ4v) is 5.25. The van der Waals surface area contributed by atoms with E-state index in [4.69, 9.17) is 9.26 Å². The number of rotatable bonds is 5. The Hall–Kier alpha value is -2.01. The van der Waals surface area contributed by atoms with Crippen LogP contribution in [-0.4, -0.2) is 50.1 Å². The van der Waals surface area contributed by atoms with Gasteiger partial charge in [0, 0.05) is 24.9 Å². The molecule has 0 radical (unpaired) electrons. The number of nitrogens with one attached hydrogen (secondary N) is 1. The summed E-state index contributed by atoms with van der Waals surface area (Å²) in [5.41, 5.74) is 1.08. The standard InChI is InChI=1S/C16H19N3O5S2/c1-11-16(17-12(2)20)14(24-18-11)5-3-13-4-6-15(25-13)26(21,22)19-7-9-23-10-8-19/h3-6H,7-10H2,1-2H3,(H,17,20).